The van der Waals surface area contributed by atoms with Gasteiger partial charge >= 0.3 is 0 Å². The molecule has 0 saturated carbocycles. The average molecular weight is 445 g/mol. The fraction of sp³-hybridized carbons (Fsp3) is 0.806. The number of aromatic hydroxyl groups is 1. The van der Waals surface area contributed by atoms with Crippen molar-refractivity contribution in [2.45, 2.75) is 155 Å². The van der Waals surface area contributed by atoms with E-state index in [1.165, 1.54) is 135 Å². The Labute approximate surface area is 201 Å². The molecule has 0 bridgehead atoms. The number of unbranched alkanes of at least 4 members (excludes halogenated alkanes) is 16. The standard InChI is InChI=1S/C31H56O/c1-3-5-7-9-10-11-12-13-14-15-16-18-20-24-29(23-19-17-8-6-4-2)27-28-30-25-21-22-26-31(30)32/h21-22,25-26,29,32H,3-20,23-24,27-28H2,1-2H3. The second-order valence-electron chi connectivity index (χ2n) is 10.3. The molecule has 0 aliphatic heterocycles. The second kappa shape index (κ2) is 21.8. The van der Waals surface area contributed by atoms with Crippen molar-refractivity contribution in [1.29, 1.82) is 0 Å². The van der Waals surface area contributed by atoms with Crippen molar-refractivity contribution in [3.05, 3.63) is 29.8 Å². The minimum atomic E-state index is 0.482. The van der Waals surface area contributed by atoms with E-state index in [-0.39, 0.29) is 0 Å². The third-order valence-corrected chi connectivity index (χ3v) is 7.25. The number of phenolic OH excluding ortho intramolecular Hbond substituents is 1. The lowest BCUT2D eigenvalue weighted by atomic mass is 9.89. The van der Waals surface area contributed by atoms with Crippen LogP contribution in [-0.4, -0.2) is 5.11 Å². The molecule has 1 rings (SSSR count). The highest BCUT2D eigenvalue weighted by atomic mass is 16.3. The molecular weight excluding hydrogens is 388 g/mol. The van der Waals surface area contributed by atoms with Crippen LogP contribution in [0.4, 0.5) is 0 Å². The molecule has 0 aliphatic rings. The maximum absolute atomic E-state index is 10.1. The quantitative estimate of drug-likeness (QED) is 0.166. The third kappa shape index (κ3) is 16.6. The summed E-state index contributed by atoms with van der Waals surface area (Å²) < 4.78 is 0. The van der Waals surface area contributed by atoms with Crippen LogP contribution in [0, 0.1) is 5.92 Å². The molecule has 0 saturated heterocycles. The van der Waals surface area contributed by atoms with Crippen molar-refractivity contribution in [1.82, 2.24) is 0 Å². The minimum Gasteiger partial charge on any atom is -0.508 e. The SMILES string of the molecule is CCCCCCCCCCCCCCCC(CCCCCCC)CCc1ccccc1O. The van der Waals surface area contributed by atoms with E-state index in [0.29, 0.717) is 5.75 Å². The Morgan fingerprint density at radius 2 is 0.938 bits per heavy atom. The van der Waals surface area contributed by atoms with Crippen LogP contribution in [0.15, 0.2) is 24.3 Å². The lowest BCUT2D eigenvalue weighted by Crippen LogP contribution is -2.03. The molecule has 32 heavy (non-hydrogen) atoms. The highest BCUT2D eigenvalue weighted by molar-refractivity contribution is 5.31. The van der Waals surface area contributed by atoms with E-state index in [1.807, 2.05) is 12.1 Å². The van der Waals surface area contributed by atoms with Gasteiger partial charge in [-0.1, -0.05) is 160 Å². The number of benzene rings is 1. The Morgan fingerprint density at radius 3 is 1.38 bits per heavy atom. The van der Waals surface area contributed by atoms with E-state index in [9.17, 15) is 5.11 Å². The monoisotopic (exact) mass is 444 g/mol. The molecule has 0 aromatic heterocycles. The number of rotatable bonds is 23. The van der Waals surface area contributed by atoms with Gasteiger partial charge in [0, 0.05) is 0 Å². The van der Waals surface area contributed by atoms with Gasteiger partial charge in [0.15, 0.2) is 0 Å². The predicted octanol–water partition coefficient (Wildman–Crippen LogP) is 10.8. The van der Waals surface area contributed by atoms with Crippen LogP contribution in [-0.2, 0) is 6.42 Å². The molecule has 1 heteroatoms. The van der Waals surface area contributed by atoms with Crippen LogP contribution in [0.3, 0.4) is 0 Å². The third-order valence-electron chi connectivity index (χ3n) is 7.25. The zero-order chi connectivity index (χ0) is 23.1. The maximum atomic E-state index is 10.1. The van der Waals surface area contributed by atoms with Gasteiger partial charge in [-0.3, -0.25) is 0 Å². The molecule has 0 amide bonds. The maximum Gasteiger partial charge on any atom is 0.118 e. The molecule has 1 atom stereocenters. The van der Waals surface area contributed by atoms with Crippen LogP contribution in [0.5, 0.6) is 5.75 Å². The number of hydrogen-bond acceptors (Lipinski definition) is 1. The molecule has 1 aromatic carbocycles. The number of aryl methyl sites for hydroxylation is 1. The summed E-state index contributed by atoms with van der Waals surface area (Å²) in [6.07, 6.45) is 30.6. The Hall–Kier alpha value is -0.980. The van der Waals surface area contributed by atoms with E-state index in [0.717, 1.165) is 17.9 Å². The van der Waals surface area contributed by atoms with Gasteiger partial charge in [0.25, 0.3) is 0 Å². The molecule has 1 N–H and O–H groups in total. The van der Waals surface area contributed by atoms with Gasteiger partial charge in [0.1, 0.15) is 5.75 Å². The van der Waals surface area contributed by atoms with Crippen molar-refractivity contribution < 1.29 is 5.11 Å². The summed E-state index contributed by atoms with van der Waals surface area (Å²) in [5.74, 6) is 1.32. The first-order chi connectivity index (χ1) is 15.8. The molecule has 0 fully saturated rings. The number of para-hydroxylation sites is 1. The highest BCUT2D eigenvalue weighted by Crippen LogP contribution is 2.26. The van der Waals surface area contributed by atoms with Crippen LogP contribution in [0.25, 0.3) is 0 Å². The van der Waals surface area contributed by atoms with Gasteiger partial charge in [0.05, 0.1) is 0 Å². The Morgan fingerprint density at radius 1 is 0.531 bits per heavy atom. The van der Waals surface area contributed by atoms with Gasteiger partial charge in [-0.05, 0) is 30.4 Å². The van der Waals surface area contributed by atoms with Crippen molar-refractivity contribution >= 4 is 0 Å². The van der Waals surface area contributed by atoms with Gasteiger partial charge < -0.3 is 5.11 Å². The summed E-state index contributed by atoms with van der Waals surface area (Å²) in [5, 5.41) is 10.1. The fourth-order valence-electron chi connectivity index (χ4n) is 5.00. The van der Waals surface area contributed by atoms with E-state index in [4.69, 9.17) is 0 Å². The molecular formula is C31H56O. The van der Waals surface area contributed by atoms with Crippen molar-refractivity contribution in [3.8, 4) is 5.75 Å². The number of phenols is 1. The van der Waals surface area contributed by atoms with Gasteiger partial charge in [0.2, 0.25) is 0 Å². The Balaban J connectivity index is 2.12. The van der Waals surface area contributed by atoms with Crippen molar-refractivity contribution in [2.75, 3.05) is 0 Å². The lowest BCUT2D eigenvalue weighted by Gasteiger charge is -2.17. The average Bonchev–Trinajstić information content (AvgIpc) is 2.80. The van der Waals surface area contributed by atoms with Gasteiger partial charge in [-0.25, -0.2) is 0 Å². The summed E-state index contributed by atoms with van der Waals surface area (Å²) in [4.78, 5) is 0. The summed E-state index contributed by atoms with van der Waals surface area (Å²) >= 11 is 0. The molecule has 1 aromatic rings. The van der Waals surface area contributed by atoms with Gasteiger partial charge in [-0.15, -0.1) is 0 Å². The molecule has 186 valence electrons. The number of hydrogen-bond donors (Lipinski definition) is 1. The highest BCUT2D eigenvalue weighted by Gasteiger charge is 2.10. The normalized spacial score (nSPS) is 12.3. The smallest absolute Gasteiger partial charge is 0.118 e. The molecule has 1 nitrogen and oxygen atoms in total. The van der Waals surface area contributed by atoms with Crippen LogP contribution < -0.4 is 0 Å². The van der Waals surface area contributed by atoms with E-state index in [2.05, 4.69) is 26.0 Å². The van der Waals surface area contributed by atoms with Crippen molar-refractivity contribution in [3.63, 3.8) is 0 Å². The first-order valence-corrected chi connectivity index (χ1v) is 14.5. The first kappa shape index (κ1) is 29.1. The summed E-state index contributed by atoms with van der Waals surface area (Å²) in [5.41, 5.74) is 1.13. The van der Waals surface area contributed by atoms with E-state index < -0.39 is 0 Å². The van der Waals surface area contributed by atoms with Crippen LogP contribution >= 0.6 is 0 Å². The molecule has 1 unspecified atom stereocenters. The summed E-state index contributed by atoms with van der Waals surface area (Å²) in [6.45, 7) is 4.59. The predicted molar refractivity (Wildman–Crippen MR) is 144 cm³/mol. The molecule has 0 heterocycles. The van der Waals surface area contributed by atoms with E-state index >= 15 is 0 Å². The first-order valence-electron chi connectivity index (χ1n) is 14.5. The zero-order valence-electron chi connectivity index (χ0n) is 21.9. The fourth-order valence-corrected chi connectivity index (χ4v) is 5.00. The second-order valence-corrected chi connectivity index (χ2v) is 10.3. The van der Waals surface area contributed by atoms with Crippen LogP contribution in [0.2, 0.25) is 0 Å². The van der Waals surface area contributed by atoms with Crippen molar-refractivity contribution in [2.24, 2.45) is 5.92 Å². The molecule has 0 radical (unpaired) electrons. The van der Waals surface area contributed by atoms with Crippen LogP contribution in [0.1, 0.15) is 154 Å². The largest absolute Gasteiger partial charge is 0.508 e. The Kier molecular flexibility index (Phi) is 19.8. The molecule has 0 aliphatic carbocycles. The molecule has 0 spiro atoms. The topological polar surface area (TPSA) is 20.2 Å². The summed E-state index contributed by atoms with van der Waals surface area (Å²) in [6, 6.07) is 7.92. The lowest BCUT2D eigenvalue weighted by molar-refractivity contribution is 0.377. The van der Waals surface area contributed by atoms with Gasteiger partial charge in [-0.2, -0.15) is 0 Å². The zero-order valence-corrected chi connectivity index (χ0v) is 21.9. The summed E-state index contributed by atoms with van der Waals surface area (Å²) in [7, 11) is 0. The Bertz CT molecular complexity index is 509. The van der Waals surface area contributed by atoms with E-state index in [1.54, 1.807) is 0 Å². The minimum absolute atomic E-state index is 0.482.